The predicted octanol–water partition coefficient (Wildman–Crippen LogP) is 2.42. The maximum absolute atomic E-state index is 12.6. The molecule has 7 nitrogen and oxygen atoms in total. The van der Waals surface area contributed by atoms with Crippen molar-refractivity contribution >= 4 is 11.7 Å². The summed E-state index contributed by atoms with van der Waals surface area (Å²) in [7, 11) is 0. The molecule has 0 unspecified atom stereocenters. The number of nitriles is 1. The first kappa shape index (κ1) is 19.6. The van der Waals surface area contributed by atoms with Gasteiger partial charge in [0.05, 0.1) is 24.8 Å². The number of aromatic nitrogens is 2. The van der Waals surface area contributed by atoms with Crippen LogP contribution in [0.3, 0.4) is 0 Å². The molecule has 7 heteroatoms. The second-order valence-electron chi connectivity index (χ2n) is 6.72. The van der Waals surface area contributed by atoms with E-state index in [2.05, 4.69) is 27.9 Å². The van der Waals surface area contributed by atoms with Gasteiger partial charge in [0.15, 0.2) is 0 Å². The predicted molar refractivity (Wildman–Crippen MR) is 106 cm³/mol. The summed E-state index contributed by atoms with van der Waals surface area (Å²) < 4.78 is 5.60. The summed E-state index contributed by atoms with van der Waals surface area (Å²) in [4.78, 5) is 25.2. The third-order valence-corrected chi connectivity index (χ3v) is 4.74. The average Bonchev–Trinajstić information content (AvgIpc) is 2.75. The van der Waals surface area contributed by atoms with Crippen molar-refractivity contribution in [1.29, 1.82) is 5.26 Å². The average molecular weight is 379 g/mol. The molecule has 0 bridgehead atoms. The van der Waals surface area contributed by atoms with E-state index in [0.29, 0.717) is 44.2 Å². The van der Waals surface area contributed by atoms with Crippen LogP contribution in [0, 0.1) is 11.3 Å². The SMILES string of the molecule is CCCCOc1ccc(CC(=O)N2CCN(c3ncccc3C#N)CC2)nc1. The maximum atomic E-state index is 12.6. The van der Waals surface area contributed by atoms with Gasteiger partial charge in [-0.05, 0) is 30.7 Å². The molecule has 0 aromatic carbocycles. The molecule has 28 heavy (non-hydrogen) atoms. The van der Waals surface area contributed by atoms with Gasteiger partial charge in [-0.2, -0.15) is 5.26 Å². The van der Waals surface area contributed by atoms with Crippen molar-refractivity contribution in [3.8, 4) is 11.8 Å². The number of rotatable bonds is 7. The molecule has 146 valence electrons. The summed E-state index contributed by atoms with van der Waals surface area (Å²) in [5.41, 5.74) is 1.31. The molecule has 1 aliphatic heterocycles. The Kier molecular flexibility index (Phi) is 6.79. The van der Waals surface area contributed by atoms with Crippen molar-refractivity contribution in [3.63, 3.8) is 0 Å². The Bertz CT molecular complexity index is 823. The first-order valence-electron chi connectivity index (χ1n) is 9.67. The number of unbranched alkanes of at least 4 members (excludes halogenated alkanes) is 1. The van der Waals surface area contributed by atoms with Gasteiger partial charge in [0.25, 0.3) is 0 Å². The van der Waals surface area contributed by atoms with E-state index in [9.17, 15) is 10.1 Å². The van der Waals surface area contributed by atoms with Gasteiger partial charge in [-0.1, -0.05) is 13.3 Å². The molecule has 3 rings (SSSR count). The molecular formula is C21H25N5O2. The highest BCUT2D eigenvalue weighted by molar-refractivity contribution is 5.78. The number of amides is 1. The lowest BCUT2D eigenvalue weighted by Gasteiger charge is -2.35. The molecular weight excluding hydrogens is 354 g/mol. The van der Waals surface area contributed by atoms with Crippen molar-refractivity contribution in [2.75, 3.05) is 37.7 Å². The van der Waals surface area contributed by atoms with Gasteiger partial charge in [-0.3, -0.25) is 9.78 Å². The molecule has 1 aliphatic rings. The number of hydrogen-bond acceptors (Lipinski definition) is 6. The number of nitrogens with zero attached hydrogens (tertiary/aromatic N) is 5. The van der Waals surface area contributed by atoms with Gasteiger partial charge >= 0.3 is 0 Å². The van der Waals surface area contributed by atoms with E-state index in [4.69, 9.17) is 4.74 Å². The van der Waals surface area contributed by atoms with E-state index < -0.39 is 0 Å². The number of carbonyl (C=O) groups excluding carboxylic acids is 1. The van der Waals surface area contributed by atoms with Gasteiger partial charge in [0.2, 0.25) is 5.91 Å². The Hall–Kier alpha value is -3.14. The standard InChI is InChI=1S/C21H25N5O2/c1-2-3-13-28-19-7-6-18(24-16-19)14-20(27)25-9-11-26(12-10-25)21-17(15-22)5-4-8-23-21/h4-8,16H,2-3,9-14H2,1H3. The normalized spacial score (nSPS) is 13.9. The van der Waals surface area contributed by atoms with Gasteiger partial charge in [0, 0.05) is 38.1 Å². The van der Waals surface area contributed by atoms with Gasteiger partial charge < -0.3 is 14.5 Å². The number of anilines is 1. The van der Waals surface area contributed by atoms with Crippen LogP contribution >= 0.6 is 0 Å². The minimum Gasteiger partial charge on any atom is -0.492 e. The molecule has 1 saturated heterocycles. The van der Waals surface area contributed by atoms with Crippen molar-refractivity contribution in [2.24, 2.45) is 0 Å². The number of pyridine rings is 2. The Balaban J connectivity index is 1.51. The zero-order valence-electron chi connectivity index (χ0n) is 16.2. The third-order valence-electron chi connectivity index (χ3n) is 4.74. The molecule has 0 saturated carbocycles. The summed E-state index contributed by atoms with van der Waals surface area (Å²) in [5, 5.41) is 9.24. The van der Waals surface area contributed by atoms with Crippen LogP contribution in [0.1, 0.15) is 31.0 Å². The Morgan fingerprint density at radius 1 is 1.21 bits per heavy atom. The molecule has 0 spiro atoms. The van der Waals surface area contributed by atoms with Gasteiger partial charge in [-0.15, -0.1) is 0 Å². The zero-order chi connectivity index (χ0) is 19.8. The minimum absolute atomic E-state index is 0.0633. The maximum Gasteiger partial charge on any atom is 0.228 e. The second-order valence-corrected chi connectivity index (χ2v) is 6.72. The summed E-state index contributed by atoms with van der Waals surface area (Å²) in [6, 6.07) is 9.42. The first-order valence-corrected chi connectivity index (χ1v) is 9.67. The number of ether oxygens (including phenoxy) is 1. The zero-order valence-corrected chi connectivity index (χ0v) is 16.2. The van der Waals surface area contributed by atoms with E-state index in [0.717, 1.165) is 24.3 Å². The second kappa shape index (κ2) is 9.70. The molecule has 0 atom stereocenters. The fraction of sp³-hybridized carbons (Fsp3) is 0.429. The van der Waals surface area contributed by atoms with Crippen LogP contribution in [0.25, 0.3) is 0 Å². The number of hydrogen-bond donors (Lipinski definition) is 0. The Labute approximate surface area is 165 Å². The fourth-order valence-corrected chi connectivity index (χ4v) is 3.11. The van der Waals surface area contributed by atoms with E-state index in [1.165, 1.54) is 0 Å². The van der Waals surface area contributed by atoms with Crippen LogP contribution in [0.15, 0.2) is 36.7 Å². The quantitative estimate of drug-likeness (QED) is 0.687. The molecule has 1 amide bonds. The minimum atomic E-state index is 0.0633. The molecule has 0 N–H and O–H groups in total. The Morgan fingerprint density at radius 2 is 2.04 bits per heavy atom. The van der Waals surface area contributed by atoms with Crippen molar-refractivity contribution < 1.29 is 9.53 Å². The smallest absolute Gasteiger partial charge is 0.228 e. The summed E-state index contributed by atoms with van der Waals surface area (Å²) >= 11 is 0. The lowest BCUT2D eigenvalue weighted by Crippen LogP contribution is -2.49. The molecule has 0 aliphatic carbocycles. The van der Waals surface area contributed by atoms with E-state index in [-0.39, 0.29) is 12.3 Å². The first-order chi connectivity index (χ1) is 13.7. The van der Waals surface area contributed by atoms with Crippen LogP contribution in [-0.4, -0.2) is 53.6 Å². The fourth-order valence-electron chi connectivity index (χ4n) is 3.11. The highest BCUT2D eigenvalue weighted by atomic mass is 16.5. The van der Waals surface area contributed by atoms with E-state index in [1.54, 1.807) is 24.5 Å². The van der Waals surface area contributed by atoms with Crippen LogP contribution < -0.4 is 9.64 Å². The molecule has 1 fully saturated rings. The molecule has 0 radical (unpaired) electrons. The van der Waals surface area contributed by atoms with E-state index >= 15 is 0 Å². The highest BCUT2D eigenvalue weighted by Gasteiger charge is 2.23. The van der Waals surface area contributed by atoms with E-state index in [1.807, 2.05) is 17.0 Å². The topological polar surface area (TPSA) is 82.4 Å². The molecule has 3 heterocycles. The molecule has 2 aromatic heterocycles. The third kappa shape index (κ3) is 4.97. The van der Waals surface area contributed by atoms with Crippen LogP contribution in [0.4, 0.5) is 5.82 Å². The molecule has 2 aromatic rings. The number of carbonyl (C=O) groups is 1. The van der Waals surface area contributed by atoms with Crippen molar-refractivity contribution in [1.82, 2.24) is 14.9 Å². The number of piperazine rings is 1. The summed E-state index contributed by atoms with van der Waals surface area (Å²) in [5.74, 6) is 1.49. The lowest BCUT2D eigenvalue weighted by molar-refractivity contribution is -0.130. The van der Waals surface area contributed by atoms with Gasteiger partial charge in [-0.25, -0.2) is 4.98 Å². The van der Waals surface area contributed by atoms with Crippen LogP contribution in [0.5, 0.6) is 5.75 Å². The monoisotopic (exact) mass is 379 g/mol. The van der Waals surface area contributed by atoms with Crippen molar-refractivity contribution in [3.05, 3.63) is 47.9 Å². The summed E-state index contributed by atoms with van der Waals surface area (Å²) in [6.07, 6.45) is 5.75. The lowest BCUT2D eigenvalue weighted by atomic mass is 10.2. The largest absolute Gasteiger partial charge is 0.492 e. The van der Waals surface area contributed by atoms with Crippen molar-refractivity contribution in [2.45, 2.75) is 26.2 Å². The van der Waals surface area contributed by atoms with Gasteiger partial charge in [0.1, 0.15) is 17.6 Å². The Morgan fingerprint density at radius 3 is 2.71 bits per heavy atom. The van der Waals surface area contributed by atoms with Crippen LogP contribution in [0.2, 0.25) is 0 Å². The van der Waals surface area contributed by atoms with Crippen LogP contribution in [-0.2, 0) is 11.2 Å². The highest BCUT2D eigenvalue weighted by Crippen LogP contribution is 2.18. The summed E-state index contributed by atoms with van der Waals surface area (Å²) in [6.45, 7) is 5.35.